The summed E-state index contributed by atoms with van der Waals surface area (Å²) in [5, 5.41) is 3.48. The zero-order valence-electron chi connectivity index (χ0n) is 9.95. The molecule has 0 spiro atoms. The quantitative estimate of drug-likeness (QED) is 0.225. The summed E-state index contributed by atoms with van der Waals surface area (Å²) >= 11 is 0. The molecule has 0 radical (unpaired) electrons. The summed E-state index contributed by atoms with van der Waals surface area (Å²) in [6.45, 7) is 0. The number of pyridine rings is 1. The maximum Gasteiger partial charge on any atom is 0.540 e. The Hall–Kier alpha value is -2.89. The van der Waals surface area contributed by atoms with E-state index < -0.39 is 6.16 Å². The monoisotopic (exact) mass is 258 g/mol. The number of nitrogens with zero attached hydrogens (tertiary/aromatic N) is 1. The van der Waals surface area contributed by atoms with E-state index in [1.807, 2.05) is 0 Å². The summed E-state index contributed by atoms with van der Waals surface area (Å²) in [5.41, 5.74) is 6.16. The Labute approximate surface area is 109 Å². The smallest absolute Gasteiger partial charge is 0.393 e. The van der Waals surface area contributed by atoms with Crippen LogP contribution in [0.25, 0.3) is 0 Å². The second-order valence-electron chi connectivity index (χ2n) is 3.51. The summed E-state index contributed by atoms with van der Waals surface area (Å²) in [4.78, 5) is 18.7. The molecule has 0 aliphatic rings. The molecule has 0 atom stereocenters. The molecule has 0 aliphatic heterocycles. The fraction of sp³-hybridized carbons (Fsp3) is 0. The maximum atomic E-state index is 11.3. The number of hydrogen-bond acceptors (Lipinski definition) is 4. The minimum absolute atomic E-state index is 0.0469. The standard InChI is InChI=1S/C13H11N3O3/c14-12(11-8-4-5-9-15-11)16-19-13(17)18-10-6-2-1-3-7-10/h1-9H,(H2,14,16)/p+1. The minimum Gasteiger partial charge on any atom is -0.393 e. The van der Waals surface area contributed by atoms with E-state index in [9.17, 15) is 4.79 Å². The number of H-pyrrole nitrogens is 1. The van der Waals surface area contributed by atoms with Gasteiger partial charge >= 0.3 is 6.16 Å². The third-order valence-electron chi connectivity index (χ3n) is 2.15. The number of benzene rings is 1. The molecule has 96 valence electrons. The van der Waals surface area contributed by atoms with Crippen LogP contribution in [-0.4, -0.2) is 12.0 Å². The molecule has 0 saturated carbocycles. The van der Waals surface area contributed by atoms with Crippen molar-refractivity contribution in [2.24, 2.45) is 10.9 Å². The van der Waals surface area contributed by atoms with E-state index in [1.54, 1.807) is 54.7 Å². The fourth-order valence-electron chi connectivity index (χ4n) is 1.29. The molecule has 6 nitrogen and oxygen atoms in total. The molecular formula is C13H12N3O3+. The number of rotatable bonds is 3. The van der Waals surface area contributed by atoms with Gasteiger partial charge in [0, 0.05) is 12.1 Å². The van der Waals surface area contributed by atoms with Gasteiger partial charge in [-0.25, -0.2) is 9.78 Å². The highest BCUT2D eigenvalue weighted by atomic mass is 16.8. The van der Waals surface area contributed by atoms with Crippen LogP contribution in [0.1, 0.15) is 5.69 Å². The number of nitrogens with one attached hydrogen (secondary N) is 1. The predicted octanol–water partition coefficient (Wildman–Crippen LogP) is 1.34. The number of nitrogens with two attached hydrogens (primary N) is 1. The van der Waals surface area contributed by atoms with Crippen molar-refractivity contribution in [2.75, 3.05) is 0 Å². The van der Waals surface area contributed by atoms with Crippen molar-refractivity contribution in [3.8, 4) is 5.75 Å². The van der Waals surface area contributed by atoms with Crippen molar-refractivity contribution in [1.82, 2.24) is 0 Å². The normalized spacial score (nSPS) is 10.8. The topological polar surface area (TPSA) is 88.1 Å². The molecule has 2 aromatic rings. The van der Waals surface area contributed by atoms with Crippen LogP contribution in [0.15, 0.2) is 59.9 Å². The number of ether oxygens (including phenoxy) is 1. The zero-order chi connectivity index (χ0) is 13.5. The van der Waals surface area contributed by atoms with Gasteiger partial charge in [0.2, 0.25) is 11.5 Å². The summed E-state index contributed by atoms with van der Waals surface area (Å²) in [7, 11) is 0. The van der Waals surface area contributed by atoms with Gasteiger partial charge in [-0.1, -0.05) is 18.2 Å². The number of oxime groups is 1. The molecule has 0 fully saturated rings. The van der Waals surface area contributed by atoms with E-state index >= 15 is 0 Å². The molecule has 1 heterocycles. The third kappa shape index (κ3) is 3.81. The molecule has 0 saturated heterocycles. The Kier molecular flexibility index (Phi) is 4.07. The maximum absolute atomic E-state index is 11.3. The first-order chi connectivity index (χ1) is 9.25. The van der Waals surface area contributed by atoms with Crippen LogP contribution in [0.2, 0.25) is 0 Å². The molecule has 0 aliphatic carbocycles. The molecule has 2 rings (SSSR count). The van der Waals surface area contributed by atoms with Crippen LogP contribution in [-0.2, 0) is 4.84 Å². The summed E-state index contributed by atoms with van der Waals surface area (Å²) in [5.74, 6) is 0.415. The lowest BCUT2D eigenvalue weighted by atomic mass is 10.3. The fourth-order valence-corrected chi connectivity index (χ4v) is 1.29. The SMILES string of the molecule is NC(=NOC(=O)Oc1ccccc1)c1cccc[nH+]1. The first-order valence-corrected chi connectivity index (χ1v) is 5.50. The molecule has 0 amide bonds. The molecule has 1 aromatic heterocycles. The van der Waals surface area contributed by atoms with Crippen molar-refractivity contribution in [3.63, 3.8) is 0 Å². The van der Waals surface area contributed by atoms with Gasteiger partial charge in [-0.15, -0.1) is 0 Å². The van der Waals surface area contributed by atoms with E-state index in [2.05, 4.69) is 15.0 Å². The molecule has 19 heavy (non-hydrogen) atoms. The van der Waals surface area contributed by atoms with E-state index in [1.165, 1.54) is 0 Å². The number of carbonyl (C=O) groups excluding carboxylic acids is 1. The van der Waals surface area contributed by atoms with E-state index in [0.29, 0.717) is 11.4 Å². The number of amidine groups is 1. The number of hydrogen-bond donors (Lipinski definition) is 1. The molecule has 1 aromatic carbocycles. The zero-order valence-corrected chi connectivity index (χ0v) is 9.95. The number of carbonyl (C=O) groups is 1. The van der Waals surface area contributed by atoms with Crippen molar-refractivity contribution < 1.29 is 19.4 Å². The highest BCUT2D eigenvalue weighted by molar-refractivity contribution is 5.94. The van der Waals surface area contributed by atoms with Gasteiger partial charge in [-0.3, -0.25) is 4.84 Å². The third-order valence-corrected chi connectivity index (χ3v) is 2.15. The highest BCUT2D eigenvalue weighted by Crippen LogP contribution is 2.09. The number of aromatic nitrogens is 1. The molecule has 3 N–H and O–H groups in total. The summed E-state index contributed by atoms with van der Waals surface area (Å²) in [6.07, 6.45) is 0.727. The molecular weight excluding hydrogens is 246 g/mol. The Balaban J connectivity index is 1.93. The Morgan fingerprint density at radius 2 is 1.84 bits per heavy atom. The first kappa shape index (κ1) is 12.6. The van der Waals surface area contributed by atoms with Gasteiger partial charge in [0.1, 0.15) is 5.75 Å². The van der Waals surface area contributed by atoms with Crippen LogP contribution >= 0.6 is 0 Å². The van der Waals surface area contributed by atoms with Crippen molar-refractivity contribution >= 4 is 12.0 Å². The predicted molar refractivity (Wildman–Crippen MR) is 67.3 cm³/mol. The van der Waals surface area contributed by atoms with Gasteiger partial charge < -0.3 is 10.5 Å². The van der Waals surface area contributed by atoms with Gasteiger partial charge in [0.05, 0.1) is 0 Å². The van der Waals surface area contributed by atoms with E-state index in [-0.39, 0.29) is 5.84 Å². The van der Waals surface area contributed by atoms with Gasteiger partial charge in [0.25, 0.3) is 0 Å². The van der Waals surface area contributed by atoms with Crippen LogP contribution in [0, 0.1) is 0 Å². The van der Waals surface area contributed by atoms with Crippen molar-refractivity contribution in [1.29, 1.82) is 0 Å². The van der Waals surface area contributed by atoms with Crippen molar-refractivity contribution in [3.05, 3.63) is 60.4 Å². The van der Waals surface area contributed by atoms with Crippen LogP contribution < -0.4 is 15.5 Å². The minimum atomic E-state index is -0.954. The van der Waals surface area contributed by atoms with E-state index in [0.717, 1.165) is 0 Å². The summed E-state index contributed by atoms with van der Waals surface area (Å²) < 4.78 is 4.87. The lowest BCUT2D eigenvalue weighted by molar-refractivity contribution is -0.380. The lowest BCUT2D eigenvalue weighted by Crippen LogP contribution is -2.24. The Morgan fingerprint density at radius 1 is 1.11 bits per heavy atom. The molecule has 6 heteroatoms. The second kappa shape index (κ2) is 6.15. The molecule has 0 unspecified atom stereocenters. The lowest BCUT2D eigenvalue weighted by Gasteiger charge is -2.00. The van der Waals surface area contributed by atoms with Crippen LogP contribution in [0.3, 0.4) is 0 Å². The largest absolute Gasteiger partial charge is 0.540 e. The van der Waals surface area contributed by atoms with Crippen LogP contribution in [0.5, 0.6) is 5.75 Å². The second-order valence-corrected chi connectivity index (χ2v) is 3.51. The average molecular weight is 258 g/mol. The first-order valence-electron chi connectivity index (χ1n) is 5.50. The van der Waals surface area contributed by atoms with Crippen LogP contribution in [0.4, 0.5) is 4.79 Å². The highest BCUT2D eigenvalue weighted by Gasteiger charge is 2.09. The summed E-state index contributed by atoms with van der Waals surface area (Å²) in [6, 6.07) is 13.8. The van der Waals surface area contributed by atoms with E-state index in [4.69, 9.17) is 10.5 Å². The number of para-hydroxylation sites is 1. The average Bonchev–Trinajstić information content (AvgIpc) is 2.47. The molecule has 0 bridgehead atoms. The van der Waals surface area contributed by atoms with Gasteiger partial charge in [-0.05, 0) is 23.4 Å². The van der Waals surface area contributed by atoms with Gasteiger partial charge in [0.15, 0.2) is 6.20 Å². The Bertz CT molecular complexity index is 570. The van der Waals surface area contributed by atoms with Crippen molar-refractivity contribution in [2.45, 2.75) is 0 Å². The van der Waals surface area contributed by atoms with Gasteiger partial charge in [-0.2, -0.15) is 0 Å². The Morgan fingerprint density at radius 3 is 2.53 bits per heavy atom. The number of aromatic amines is 1.